The lowest BCUT2D eigenvalue weighted by Gasteiger charge is -2.33. The second-order valence-corrected chi connectivity index (χ2v) is 10.8. The Morgan fingerprint density at radius 1 is 1.17 bits per heavy atom. The SMILES string of the molecule is C#C.C=C/C(=C\C(=C/C)c1cnc(N)c(Cc2cc3c(N4CCN(C)CC4)nccc3[nH]2)c1)NC(=C)C1CCCC1. The smallest absolute Gasteiger partial charge is 0.138 e. The normalized spacial score (nSPS) is 16.8. The van der Waals surface area contributed by atoms with E-state index < -0.39 is 0 Å². The number of hydrogen-bond donors (Lipinski definition) is 3. The first-order valence-corrected chi connectivity index (χ1v) is 14.4. The van der Waals surface area contributed by atoms with Gasteiger partial charge in [0, 0.05) is 78.6 Å². The van der Waals surface area contributed by atoms with Crippen molar-refractivity contribution in [3.05, 3.63) is 90.2 Å². The minimum atomic E-state index is 0.537. The summed E-state index contributed by atoms with van der Waals surface area (Å²) in [7, 11) is 2.17. The number of anilines is 2. The highest BCUT2D eigenvalue weighted by Gasteiger charge is 2.20. The van der Waals surface area contributed by atoms with Crippen LogP contribution in [-0.4, -0.2) is 53.1 Å². The van der Waals surface area contributed by atoms with Crippen LogP contribution in [0.1, 0.15) is 49.4 Å². The molecule has 41 heavy (non-hydrogen) atoms. The van der Waals surface area contributed by atoms with Gasteiger partial charge in [-0.15, -0.1) is 12.8 Å². The van der Waals surface area contributed by atoms with E-state index >= 15 is 0 Å². The Hall–Kier alpha value is -4.28. The number of nitrogens with zero attached hydrogens (tertiary/aromatic N) is 4. The summed E-state index contributed by atoms with van der Waals surface area (Å²) in [5.41, 5.74) is 13.6. The van der Waals surface area contributed by atoms with Gasteiger partial charge in [-0.05, 0) is 68.7 Å². The van der Waals surface area contributed by atoms with Crippen molar-refractivity contribution in [2.24, 2.45) is 5.92 Å². The van der Waals surface area contributed by atoms with Crippen molar-refractivity contribution < 1.29 is 0 Å². The van der Waals surface area contributed by atoms with Crippen LogP contribution in [0.2, 0.25) is 0 Å². The van der Waals surface area contributed by atoms with Crippen LogP contribution in [0.3, 0.4) is 0 Å². The number of aromatic nitrogens is 3. The molecule has 3 aromatic rings. The zero-order valence-electron chi connectivity index (χ0n) is 24.5. The van der Waals surface area contributed by atoms with E-state index in [1.165, 1.54) is 25.7 Å². The highest BCUT2D eigenvalue weighted by atomic mass is 15.3. The molecule has 1 aliphatic heterocycles. The van der Waals surface area contributed by atoms with Crippen LogP contribution in [0, 0.1) is 18.8 Å². The van der Waals surface area contributed by atoms with Crippen LogP contribution in [0.5, 0.6) is 0 Å². The van der Waals surface area contributed by atoms with Crippen LogP contribution >= 0.6 is 0 Å². The number of rotatable bonds is 9. The summed E-state index contributed by atoms with van der Waals surface area (Å²) in [5.74, 6) is 2.13. The molecule has 3 aromatic heterocycles. The zero-order chi connectivity index (χ0) is 29.4. The van der Waals surface area contributed by atoms with Gasteiger partial charge in [0.15, 0.2) is 0 Å². The van der Waals surface area contributed by atoms with Crippen LogP contribution in [0.4, 0.5) is 11.6 Å². The molecule has 7 heteroatoms. The summed E-state index contributed by atoms with van der Waals surface area (Å²) < 4.78 is 0. The van der Waals surface area contributed by atoms with Crippen LogP contribution < -0.4 is 16.0 Å². The van der Waals surface area contributed by atoms with Gasteiger partial charge in [-0.25, -0.2) is 9.97 Å². The van der Waals surface area contributed by atoms with Gasteiger partial charge in [-0.3, -0.25) is 0 Å². The van der Waals surface area contributed by atoms with E-state index in [2.05, 4.69) is 82.4 Å². The van der Waals surface area contributed by atoms with Crippen molar-refractivity contribution in [2.75, 3.05) is 43.9 Å². The first kappa shape index (κ1) is 29.7. The Morgan fingerprint density at radius 2 is 1.90 bits per heavy atom. The molecule has 0 bridgehead atoms. The van der Waals surface area contributed by atoms with Gasteiger partial charge >= 0.3 is 0 Å². The third kappa shape index (κ3) is 7.08. The Morgan fingerprint density at radius 3 is 2.59 bits per heavy atom. The van der Waals surface area contributed by atoms with Crippen LogP contribution in [0.15, 0.2) is 73.4 Å². The third-order valence-electron chi connectivity index (χ3n) is 8.10. The van der Waals surface area contributed by atoms with Gasteiger partial charge in [0.05, 0.1) is 5.52 Å². The van der Waals surface area contributed by atoms with Crippen LogP contribution in [0.25, 0.3) is 16.5 Å². The fourth-order valence-corrected chi connectivity index (χ4v) is 5.70. The van der Waals surface area contributed by atoms with Crippen molar-refractivity contribution in [2.45, 2.75) is 39.0 Å². The number of nitrogen functional groups attached to an aromatic ring is 1. The lowest BCUT2D eigenvalue weighted by atomic mass is 10.0. The van der Waals surface area contributed by atoms with Gasteiger partial charge in [0.25, 0.3) is 0 Å². The lowest BCUT2D eigenvalue weighted by Crippen LogP contribution is -2.44. The van der Waals surface area contributed by atoms with Gasteiger partial charge < -0.3 is 25.8 Å². The Labute approximate surface area is 244 Å². The van der Waals surface area contributed by atoms with E-state index in [1.807, 2.05) is 31.5 Å². The number of hydrogen-bond acceptors (Lipinski definition) is 6. The number of allylic oxidation sites excluding steroid dienone is 5. The Kier molecular flexibility index (Phi) is 10.0. The van der Waals surface area contributed by atoms with Crippen molar-refractivity contribution in [1.29, 1.82) is 0 Å². The molecule has 4 heterocycles. The van der Waals surface area contributed by atoms with E-state index in [-0.39, 0.29) is 0 Å². The molecule has 2 aliphatic rings. The number of fused-ring (bicyclic) bond motifs is 1. The topological polar surface area (TPSA) is 86.1 Å². The zero-order valence-corrected chi connectivity index (χ0v) is 24.5. The average Bonchev–Trinajstić information content (AvgIpc) is 3.68. The molecule has 214 valence electrons. The summed E-state index contributed by atoms with van der Waals surface area (Å²) >= 11 is 0. The van der Waals surface area contributed by atoms with E-state index in [4.69, 9.17) is 10.7 Å². The van der Waals surface area contributed by atoms with Crippen molar-refractivity contribution >= 4 is 28.1 Å². The molecule has 1 saturated carbocycles. The summed E-state index contributed by atoms with van der Waals surface area (Å²) in [6.45, 7) is 14.4. The molecule has 0 aromatic carbocycles. The van der Waals surface area contributed by atoms with Gasteiger partial charge in [-0.1, -0.05) is 32.1 Å². The molecule has 0 spiro atoms. The molecule has 0 radical (unpaired) electrons. The second-order valence-electron chi connectivity index (χ2n) is 10.8. The quantitative estimate of drug-likeness (QED) is 0.228. The molecule has 0 atom stereocenters. The Bertz CT molecular complexity index is 1440. The highest BCUT2D eigenvalue weighted by Crippen LogP contribution is 2.31. The number of likely N-dealkylation sites (N-methyl/N-ethyl adjacent to an activating group) is 1. The van der Waals surface area contributed by atoms with E-state index in [1.54, 1.807) is 0 Å². The van der Waals surface area contributed by atoms with E-state index in [0.29, 0.717) is 18.2 Å². The number of nitrogens with two attached hydrogens (primary N) is 1. The predicted molar refractivity (Wildman–Crippen MR) is 173 cm³/mol. The minimum Gasteiger partial charge on any atom is -0.383 e. The van der Waals surface area contributed by atoms with E-state index in [0.717, 1.165) is 76.7 Å². The lowest BCUT2D eigenvalue weighted by molar-refractivity contribution is 0.312. The molecule has 0 unspecified atom stereocenters. The number of terminal acetylenes is 1. The average molecular weight is 550 g/mol. The number of H-pyrrole nitrogens is 1. The summed E-state index contributed by atoms with van der Waals surface area (Å²) in [6.07, 6.45) is 23.4. The fourth-order valence-electron chi connectivity index (χ4n) is 5.70. The predicted octanol–water partition coefficient (Wildman–Crippen LogP) is 5.90. The molecule has 4 N–H and O–H groups in total. The first-order valence-electron chi connectivity index (χ1n) is 14.4. The number of piperazine rings is 1. The standard InChI is InChI=1S/C32H41N7.C2H2/c1-5-23(18-27(6-2)36-22(3)24-9-7-8-10-24)26-17-25(31(33)35-21-26)19-28-20-29-30(37-28)11-12-34-32(29)39-15-13-38(4)14-16-39;1-2/h5-6,11-12,17-18,20-21,24,36-37H,2-3,7-10,13-16,19H2,1,4H3,(H2,33,35);1-2H/b23-5+,27-18+;. The maximum Gasteiger partial charge on any atom is 0.138 e. The molecule has 2 fully saturated rings. The molecule has 1 aliphatic carbocycles. The number of nitrogens with one attached hydrogen (secondary N) is 2. The van der Waals surface area contributed by atoms with E-state index in [9.17, 15) is 0 Å². The van der Waals surface area contributed by atoms with Crippen LogP contribution in [-0.2, 0) is 6.42 Å². The molecular weight excluding hydrogens is 506 g/mol. The molecular formula is C34H43N7. The molecule has 5 rings (SSSR count). The third-order valence-corrected chi connectivity index (χ3v) is 8.10. The number of pyridine rings is 2. The maximum atomic E-state index is 6.37. The summed E-state index contributed by atoms with van der Waals surface area (Å²) in [6, 6.07) is 6.40. The Balaban J connectivity index is 0.00000189. The number of aromatic amines is 1. The van der Waals surface area contributed by atoms with Crippen molar-refractivity contribution in [1.82, 2.24) is 25.2 Å². The van der Waals surface area contributed by atoms with Crippen molar-refractivity contribution in [3.63, 3.8) is 0 Å². The fraction of sp³-hybridized carbons (Fsp3) is 0.353. The van der Waals surface area contributed by atoms with Gasteiger partial charge in [-0.2, -0.15) is 0 Å². The van der Waals surface area contributed by atoms with Crippen molar-refractivity contribution in [3.8, 4) is 12.8 Å². The molecule has 1 saturated heterocycles. The summed E-state index contributed by atoms with van der Waals surface area (Å²) in [4.78, 5) is 17.6. The van der Waals surface area contributed by atoms with Gasteiger partial charge in [0.1, 0.15) is 11.6 Å². The summed E-state index contributed by atoms with van der Waals surface area (Å²) in [5, 5.41) is 4.66. The molecule has 7 nitrogen and oxygen atoms in total. The minimum absolute atomic E-state index is 0.537. The monoisotopic (exact) mass is 549 g/mol. The van der Waals surface area contributed by atoms with Gasteiger partial charge in [0.2, 0.25) is 0 Å². The second kappa shape index (κ2) is 13.9. The largest absolute Gasteiger partial charge is 0.383 e. The first-order chi connectivity index (χ1) is 19.9. The highest BCUT2D eigenvalue weighted by molar-refractivity contribution is 5.91. The maximum absolute atomic E-state index is 6.37. The molecule has 0 amide bonds.